The molecule has 0 spiro atoms. The van der Waals surface area contributed by atoms with Gasteiger partial charge in [-0.05, 0) is 61.3 Å². The molecule has 1 N–H and O–H groups in total. The van der Waals surface area contributed by atoms with Crippen molar-refractivity contribution in [3.8, 4) is 0 Å². The average Bonchev–Trinajstić information content (AvgIpc) is 3.13. The largest absolute Gasteiger partial charge is 0.392 e. The summed E-state index contributed by atoms with van der Waals surface area (Å²) in [6.45, 7) is 4.84. The van der Waals surface area contributed by atoms with E-state index >= 15 is 0 Å². The van der Waals surface area contributed by atoms with Crippen molar-refractivity contribution in [2.75, 3.05) is 31.1 Å². The number of hydrogen-bond donors (Lipinski definition) is 1. The van der Waals surface area contributed by atoms with Crippen molar-refractivity contribution in [1.82, 2.24) is 4.90 Å². The van der Waals surface area contributed by atoms with Gasteiger partial charge in [-0.15, -0.1) is 0 Å². The molecule has 2 aromatic carbocycles. The molecule has 0 bridgehead atoms. The van der Waals surface area contributed by atoms with Crippen molar-refractivity contribution in [2.24, 2.45) is 0 Å². The predicted molar refractivity (Wildman–Crippen MR) is 100 cm³/mol. The van der Waals surface area contributed by atoms with Crippen molar-refractivity contribution in [1.29, 1.82) is 0 Å². The van der Waals surface area contributed by atoms with Crippen LogP contribution >= 0.6 is 11.6 Å². The second-order valence-electron chi connectivity index (χ2n) is 6.53. The first kappa shape index (κ1) is 18.2. The number of nitrogens with zero attached hydrogens (tertiary/aromatic N) is 2. The third-order valence-corrected chi connectivity index (χ3v) is 5.10. The Hall–Kier alpha value is -1.62. The molecule has 1 saturated heterocycles. The first-order chi connectivity index (χ1) is 12.2. The molecule has 0 amide bonds. The highest BCUT2D eigenvalue weighted by molar-refractivity contribution is 6.31. The topological polar surface area (TPSA) is 26.7 Å². The average molecular weight is 363 g/mol. The van der Waals surface area contributed by atoms with Gasteiger partial charge in [0.25, 0.3) is 0 Å². The van der Waals surface area contributed by atoms with Crippen molar-refractivity contribution in [3.63, 3.8) is 0 Å². The van der Waals surface area contributed by atoms with Crippen molar-refractivity contribution in [2.45, 2.75) is 26.0 Å². The molecule has 5 heteroatoms. The van der Waals surface area contributed by atoms with E-state index in [0.717, 1.165) is 43.0 Å². The summed E-state index contributed by atoms with van der Waals surface area (Å²) in [4.78, 5) is 4.74. The van der Waals surface area contributed by atoms with E-state index in [9.17, 15) is 9.50 Å². The summed E-state index contributed by atoms with van der Waals surface area (Å²) < 4.78 is 13.2. The molecular formula is C20H24ClFN2O. The van der Waals surface area contributed by atoms with Crippen LogP contribution in [0.2, 0.25) is 5.02 Å². The Morgan fingerprint density at radius 2 is 1.80 bits per heavy atom. The highest BCUT2D eigenvalue weighted by atomic mass is 35.5. The van der Waals surface area contributed by atoms with Crippen LogP contribution in [-0.2, 0) is 13.2 Å². The van der Waals surface area contributed by atoms with E-state index < -0.39 is 0 Å². The maximum atomic E-state index is 13.2. The highest BCUT2D eigenvalue weighted by Crippen LogP contribution is 2.25. The molecule has 0 atom stereocenters. The molecule has 134 valence electrons. The Morgan fingerprint density at radius 1 is 1.08 bits per heavy atom. The lowest BCUT2D eigenvalue weighted by Gasteiger charge is -2.28. The predicted octanol–water partition coefficient (Wildman–Crippen LogP) is 4.07. The molecule has 0 unspecified atom stereocenters. The fraction of sp³-hybridized carbons (Fsp3) is 0.400. The Kier molecular flexibility index (Phi) is 6.29. The van der Waals surface area contributed by atoms with E-state index in [1.165, 1.54) is 25.0 Å². The van der Waals surface area contributed by atoms with Gasteiger partial charge in [0.2, 0.25) is 0 Å². The van der Waals surface area contributed by atoms with E-state index in [1.807, 2.05) is 30.3 Å². The zero-order valence-corrected chi connectivity index (χ0v) is 15.1. The van der Waals surface area contributed by atoms with Gasteiger partial charge >= 0.3 is 0 Å². The van der Waals surface area contributed by atoms with Gasteiger partial charge in [0.15, 0.2) is 0 Å². The van der Waals surface area contributed by atoms with Gasteiger partial charge in [-0.3, -0.25) is 0 Å². The number of aliphatic hydroxyl groups excluding tert-OH is 1. The number of aliphatic hydroxyl groups is 1. The first-order valence-electron chi connectivity index (χ1n) is 8.77. The molecule has 0 aliphatic carbocycles. The molecule has 1 aliphatic heterocycles. The fourth-order valence-corrected chi connectivity index (χ4v) is 3.47. The van der Waals surface area contributed by atoms with Crippen LogP contribution in [0.3, 0.4) is 0 Å². The zero-order chi connectivity index (χ0) is 17.6. The third-order valence-electron chi connectivity index (χ3n) is 4.74. The molecule has 1 heterocycles. The maximum Gasteiger partial charge on any atom is 0.123 e. The van der Waals surface area contributed by atoms with Crippen LogP contribution in [0.25, 0.3) is 0 Å². The van der Waals surface area contributed by atoms with E-state index in [0.29, 0.717) is 11.6 Å². The lowest BCUT2D eigenvalue weighted by Crippen LogP contribution is -2.33. The van der Waals surface area contributed by atoms with Gasteiger partial charge in [0.05, 0.1) is 6.61 Å². The molecule has 0 radical (unpaired) electrons. The van der Waals surface area contributed by atoms with E-state index in [4.69, 9.17) is 11.6 Å². The van der Waals surface area contributed by atoms with Crippen LogP contribution in [0, 0.1) is 5.82 Å². The number of halogens is 2. The minimum Gasteiger partial charge on any atom is -0.392 e. The minimum absolute atomic E-state index is 0.0646. The van der Waals surface area contributed by atoms with Crippen LogP contribution in [0.1, 0.15) is 24.0 Å². The van der Waals surface area contributed by atoms with Gasteiger partial charge < -0.3 is 14.9 Å². The smallest absolute Gasteiger partial charge is 0.123 e. The molecule has 0 aromatic heterocycles. The molecular weight excluding hydrogens is 339 g/mol. The summed E-state index contributed by atoms with van der Waals surface area (Å²) in [6.07, 6.45) is 2.55. The van der Waals surface area contributed by atoms with E-state index in [2.05, 4.69) is 9.80 Å². The number of likely N-dealkylation sites (tertiary alicyclic amines) is 1. The summed E-state index contributed by atoms with van der Waals surface area (Å²) in [7, 11) is 0. The van der Waals surface area contributed by atoms with Crippen LogP contribution in [0.5, 0.6) is 0 Å². The zero-order valence-electron chi connectivity index (χ0n) is 14.3. The highest BCUT2D eigenvalue weighted by Gasteiger charge is 2.15. The quantitative estimate of drug-likeness (QED) is 0.804. The minimum atomic E-state index is -0.220. The Morgan fingerprint density at radius 3 is 2.44 bits per heavy atom. The van der Waals surface area contributed by atoms with Gasteiger partial charge in [-0.1, -0.05) is 29.8 Å². The third kappa shape index (κ3) is 4.94. The summed E-state index contributed by atoms with van der Waals surface area (Å²) in [5.41, 5.74) is 2.81. The van der Waals surface area contributed by atoms with Crippen molar-refractivity contribution >= 4 is 17.3 Å². The fourth-order valence-electron chi connectivity index (χ4n) is 3.24. The molecule has 2 aromatic rings. The van der Waals surface area contributed by atoms with Gasteiger partial charge in [-0.25, -0.2) is 4.39 Å². The number of rotatable bonds is 7. The molecule has 25 heavy (non-hydrogen) atoms. The lowest BCUT2D eigenvalue weighted by atomic mass is 10.1. The van der Waals surface area contributed by atoms with Gasteiger partial charge in [0, 0.05) is 30.3 Å². The summed E-state index contributed by atoms with van der Waals surface area (Å²) in [6, 6.07) is 12.4. The van der Waals surface area contributed by atoms with Crippen molar-refractivity contribution < 1.29 is 9.50 Å². The first-order valence-corrected chi connectivity index (χ1v) is 9.14. The Bertz CT molecular complexity index is 687. The van der Waals surface area contributed by atoms with Gasteiger partial charge in [0.1, 0.15) is 5.82 Å². The number of anilines is 1. The summed E-state index contributed by atoms with van der Waals surface area (Å²) in [5, 5.41) is 9.89. The number of benzene rings is 2. The van der Waals surface area contributed by atoms with Gasteiger partial charge in [-0.2, -0.15) is 0 Å². The molecule has 3 nitrogen and oxygen atoms in total. The lowest BCUT2D eigenvalue weighted by molar-refractivity contribution is 0.282. The molecule has 0 saturated carbocycles. The normalized spacial score (nSPS) is 14.8. The summed E-state index contributed by atoms with van der Waals surface area (Å²) in [5.74, 6) is -0.220. The van der Waals surface area contributed by atoms with Crippen LogP contribution in [0.4, 0.5) is 10.1 Å². The van der Waals surface area contributed by atoms with Crippen LogP contribution in [-0.4, -0.2) is 36.2 Å². The second kappa shape index (κ2) is 8.65. The Balaban J connectivity index is 1.77. The number of hydrogen-bond acceptors (Lipinski definition) is 3. The monoisotopic (exact) mass is 362 g/mol. The SMILES string of the molecule is OCc1ccc(N(CCN2CCCC2)Cc2ccc(F)cc2)cc1Cl. The summed E-state index contributed by atoms with van der Waals surface area (Å²) >= 11 is 6.28. The van der Waals surface area contributed by atoms with Crippen LogP contribution < -0.4 is 4.90 Å². The standard InChI is InChI=1S/C20H24ClFN2O/c21-20-13-19(8-5-17(20)15-25)24(12-11-23-9-1-2-10-23)14-16-3-6-18(22)7-4-16/h3-8,13,25H,1-2,9-12,14-15H2. The maximum absolute atomic E-state index is 13.2. The molecule has 3 rings (SSSR count). The molecule has 1 fully saturated rings. The molecule has 1 aliphatic rings. The van der Waals surface area contributed by atoms with Crippen molar-refractivity contribution in [3.05, 3.63) is 64.4 Å². The van der Waals surface area contributed by atoms with E-state index in [1.54, 1.807) is 0 Å². The van der Waals surface area contributed by atoms with E-state index in [-0.39, 0.29) is 12.4 Å². The van der Waals surface area contributed by atoms with Crippen LogP contribution in [0.15, 0.2) is 42.5 Å². The Labute approximate surface area is 153 Å². The second-order valence-corrected chi connectivity index (χ2v) is 6.94.